The SMILES string of the molecule is CC(NC(=O)CCc1csc(-c2ccccn2)n1)c1ccccc1. The van der Waals surface area contributed by atoms with Crippen LogP contribution in [0.1, 0.15) is 30.6 Å². The minimum atomic E-state index is 0.0122. The van der Waals surface area contributed by atoms with Crippen LogP contribution in [0.25, 0.3) is 10.7 Å². The molecule has 0 aliphatic carbocycles. The lowest BCUT2D eigenvalue weighted by Crippen LogP contribution is -2.26. The van der Waals surface area contributed by atoms with Crippen molar-refractivity contribution in [1.82, 2.24) is 15.3 Å². The summed E-state index contributed by atoms with van der Waals surface area (Å²) in [5.74, 6) is 0.0405. The Morgan fingerprint density at radius 1 is 1.17 bits per heavy atom. The summed E-state index contributed by atoms with van der Waals surface area (Å²) in [7, 11) is 0. The Labute approximate surface area is 145 Å². The number of amides is 1. The number of carbonyl (C=O) groups excluding carboxylic acids is 1. The summed E-state index contributed by atoms with van der Waals surface area (Å²) in [6.07, 6.45) is 2.83. The molecule has 122 valence electrons. The highest BCUT2D eigenvalue weighted by atomic mass is 32.1. The molecule has 24 heavy (non-hydrogen) atoms. The second-order valence-electron chi connectivity index (χ2n) is 5.56. The zero-order valence-corrected chi connectivity index (χ0v) is 14.3. The quantitative estimate of drug-likeness (QED) is 0.739. The number of aromatic nitrogens is 2. The van der Waals surface area contributed by atoms with Crippen LogP contribution >= 0.6 is 11.3 Å². The van der Waals surface area contributed by atoms with Crippen molar-refractivity contribution in [3.63, 3.8) is 0 Å². The standard InChI is InChI=1S/C19H19N3OS/c1-14(15-7-3-2-4-8-15)21-18(23)11-10-16-13-24-19(22-16)17-9-5-6-12-20-17/h2-9,12-14H,10-11H2,1H3,(H,21,23). The highest BCUT2D eigenvalue weighted by Crippen LogP contribution is 2.22. The van der Waals surface area contributed by atoms with E-state index in [0.29, 0.717) is 12.8 Å². The van der Waals surface area contributed by atoms with Gasteiger partial charge in [0.2, 0.25) is 5.91 Å². The maximum Gasteiger partial charge on any atom is 0.220 e. The second kappa shape index (κ2) is 7.84. The van der Waals surface area contributed by atoms with E-state index >= 15 is 0 Å². The Hall–Kier alpha value is -2.53. The molecule has 3 aromatic rings. The van der Waals surface area contributed by atoms with Crippen LogP contribution in [0.15, 0.2) is 60.1 Å². The van der Waals surface area contributed by atoms with Crippen LogP contribution in [0, 0.1) is 0 Å². The molecule has 1 amide bonds. The topological polar surface area (TPSA) is 54.9 Å². The third-order valence-corrected chi connectivity index (χ3v) is 4.63. The number of benzene rings is 1. The first-order valence-corrected chi connectivity index (χ1v) is 8.80. The molecule has 0 fully saturated rings. The Balaban J connectivity index is 1.53. The molecule has 0 spiro atoms. The fourth-order valence-electron chi connectivity index (χ4n) is 2.41. The minimum Gasteiger partial charge on any atom is -0.350 e. The zero-order valence-electron chi connectivity index (χ0n) is 13.5. The van der Waals surface area contributed by atoms with E-state index < -0.39 is 0 Å². The van der Waals surface area contributed by atoms with Gasteiger partial charge in [-0.05, 0) is 31.0 Å². The van der Waals surface area contributed by atoms with Crippen molar-refractivity contribution >= 4 is 17.2 Å². The maximum atomic E-state index is 12.1. The molecule has 1 unspecified atom stereocenters. The molecule has 0 radical (unpaired) electrons. The van der Waals surface area contributed by atoms with E-state index in [2.05, 4.69) is 15.3 Å². The molecular formula is C19H19N3OS. The van der Waals surface area contributed by atoms with Crippen LogP contribution in [-0.4, -0.2) is 15.9 Å². The lowest BCUT2D eigenvalue weighted by molar-refractivity contribution is -0.121. The smallest absolute Gasteiger partial charge is 0.220 e. The number of nitrogens with zero attached hydrogens (tertiary/aromatic N) is 2. The fraction of sp³-hybridized carbons (Fsp3) is 0.211. The average Bonchev–Trinajstić information content (AvgIpc) is 3.10. The first-order chi connectivity index (χ1) is 11.7. The number of thiazole rings is 1. The number of nitrogens with one attached hydrogen (secondary N) is 1. The molecule has 4 nitrogen and oxygen atoms in total. The lowest BCUT2D eigenvalue weighted by atomic mass is 10.1. The van der Waals surface area contributed by atoms with Crippen LogP contribution < -0.4 is 5.32 Å². The van der Waals surface area contributed by atoms with Gasteiger partial charge in [0.1, 0.15) is 5.01 Å². The molecule has 0 saturated carbocycles. The Bertz CT molecular complexity index is 787. The third-order valence-electron chi connectivity index (χ3n) is 3.72. The molecule has 5 heteroatoms. The number of hydrogen-bond donors (Lipinski definition) is 1. The predicted molar refractivity (Wildman–Crippen MR) is 96.7 cm³/mol. The molecule has 2 heterocycles. The largest absolute Gasteiger partial charge is 0.350 e. The number of carbonyl (C=O) groups is 1. The normalized spacial score (nSPS) is 11.9. The Morgan fingerprint density at radius 3 is 2.71 bits per heavy atom. The van der Waals surface area contributed by atoms with Crippen LogP contribution in [0.2, 0.25) is 0 Å². The molecule has 1 atom stereocenters. The first kappa shape index (κ1) is 16.3. The highest BCUT2D eigenvalue weighted by molar-refractivity contribution is 7.13. The number of rotatable bonds is 6. The number of hydrogen-bond acceptors (Lipinski definition) is 4. The minimum absolute atomic E-state index is 0.0122. The third kappa shape index (κ3) is 4.26. The van der Waals surface area contributed by atoms with Gasteiger partial charge in [-0.3, -0.25) is 9.78 Å². The molecule has 2 aromatic heterocycles. The molecule has 0 bridgehead atoms. The molecule has 1 N–H and O–H groups in total. The highest BCUT2D eigenvalue weighted by Gasteiger charge is 2.11. The van der Waals surface area contributed by atoms with Gasteiger partial charge in [0.05, 0.1) is 17.4 Å². The van der Waals surface area contributed by atoms with Crippen LogP contribution in [-0.2, 0) is 11.2 Å². The fourth-order valence-corrected chi connectivity index (χ4v) is 3.24. The van der Waals surface area contributed by atoms with Crippen molar-refractivity contribution in [3.05, 3.63) is 71.4 Å². The van der Waals surface area contributed by atoms with Crippen LogP contribution in [0.4, 0.5) is 0 Å². The van der Waals surface area contributed by atoms with Gasteiger partial charge in [-0.15, -0.1) is 11.3 Å². The summed E-state index contributed by atoms with van der Waals surface area (Å²) in [5, 5.41) is 5.92. The molecule has 0 aliphatic heterocycles. The van der Waals surface area contributed by atoms with E-state index in [4.69, 9.17) is 0 Å². The molecule has 0 saturated heterocycles. The Kier molecular flexibility index (Phi) is 5.33. The van der Waals surface area contributed by atoms with Crippen LogP contribution in [0.3, 0.4) is 0 Å². The molecular weight excluding hydrogens is 318 g/mol. The summed E-state index contributed by atoms with van der Waals surface area (Å²) in [4.78, 5) is 21.0. The first-order valence-electron chi connectivity index (χ1n) is 7.92. The van der Waals surface area contributed by atoms with Gasteiger partial charge in [-0.1, -0.05) is 36.4 Å². The summed E-state index contributed by atoms with van der Waals surface area (Å²) < 4.78 is 0. The van der Waals surface area contributed by atoms with Gasteiger partial charge < -0.3 is 5.32 Å². The number of pyridine rings is 1. The van der Waals surface area contributed by atoms with E-state index in [1.807, 2.05) is 60.8 Å². The van der Waals surface area contributed by atoms with Gasteiger partial charge in [0.25, 0.3) is 0 Å². The summed E-state index contributed by atoms with van der Waals surface area (Å²) in [5.41, 5.74) is 2.91. The average molecular weight is 337 g/mol. The zero-order chi connectivity index (χ0) is 16.8. The second-order valence-corrected chi connectivity index (χ2v) is 6.42. The van der Waals surface area contributed by atoms with Gasteiger partial charge >= 0.3 is 0 Å². The molecule has 1 aromatic carbocycles. The van der Waals surface area contributed by atoms with Gasteiger partial charge in [-0.2, -0.15) is 0 Å². The maximum absolute atomic E-state index is 12.1. The summed E-state index contributed by atoms with van der Waals surface area (Å²) in [6, 6.07) is 15.8. The van der Waals surface area contributed by atoms with Crippen molar-refractivity contribution in [2.24, 2.45) is 0 Å². The predicted octanol–water partition coefficient (Wildman–Crippen LogP) is 4.02. The van der Waals surface area contributed by atoms with E-state index in [1.165, 1.54) is 0 Å². The summed E-state index contributed by atoms with van der Waals surface area (Å²) >= 11 is 1.56. The van der Waals surface area contributed by atoms with Gasteiger partial charge in [-0.25, -0.2) is 4.98 Å². The lowest BCUT2D eigenvalue weighted by Gasteiger charge is -2.13. The van der Waals surface area contributed by atoms with Crippen molar-refractivity contribution in [2.45, 2.75) is 25.8 Å². The summed E-state index contributed by atoms with van der Waals surface area (Å²) in [6.45, 7) is 2.00. The molecule has 3 rings (SSSR count). The van der Waals surface area contributed by atoms with E-state index in [1.54, 1.807) is 17.5 Å². The number of aryl methyl sites for hydroxylation is 1. The van der Waals surface area contributed by atoms with Crippen molar-refractivity contribution in [2.75, 3.05) is 0 Å². The van der Waals surface area contributed by atoms with Gasteiger partial charge in [0, 0.05) is 18.0 Å². The van der Waals surface area contributed by atoms with E-state index in [0.717, 1.165) is 22.0 Å². The monoisotopic (exact) mass is 337 g/mol. The van der Waals surface area contributed by atoms with Gasteiger partial charge in [0.15, 0.2) is 0 Å². The van der Waals surface area contributed by atoms with Crippen molar-refractivity contribution < 1.29 is 4.79 Å². The van der Waals surface area contributed by atoms with Crippen molar-refractivity contribution in [1.29, 1.82) is 0 Å². The Morgan fingerprint density at radius 2 is 1.96 bits per heavy atom. The van der Waals surface area contributed by atoms with Crippen LogP contribution in [0.5, 0.6) is 0 Å². The van der Waals surface area contributed by atoms with Crippen molar-refractivity contribution in [3.8, 4) is 10.7 Å². The van der Waals surface area contributed by atoms with E-state index in [-0.39, 0.29) is 11.9 Å². The molecule has 0 aliphatic rings. The van der Waals surface area contributed by atoms with E-state index in [9.17, 15) is 4.79 Å².